The van der Waals surface area contributed by atoms with Gasteiger partial charge in [-0.1, -0.05) is 56.7 Å². The summed E-state index contributed by atoms with van der Waals surface area (Å²) in [6.07, 6.45) is 2.83. The smallest absolute Gasteiger partial charge is 0.338 e. The topological polar surface area (TPSA) is 52.6 Å². The van der Waals surface area contributed by atoms with Crippen LogP contribution < -0.4 is 0 Å². The fraction of sp³-hybridized carbons (Fsp3) is 0.333. The lowest BCUT2D eigenvalue weighted by Gasteiger charge is -2.02. The molecule has 0 unspecified atom stereocenters. The van der Waals surface area contributed by atoms with Gasteiger partial charge in [0.15, 0.2) is 0 Å². The first-order chi connectivity index (χ1) is 12.2. The molecule has 2 rings (SSSR count). The maximum Gasteiger partial charge on any atom is 0.338 e. The molecule has 0 bridgehead atoms. The molecule has 2 aromatic carbocycles. The molecule has 0 heterocycles. The molecule has 0 aromatic heterocycles. The second-order valence-electron chi connectivity index (χ2n) is 5.36. The number of carbonyl (C=O) groups excluding carboxylic acids is 2. The van der Waals surface area contributed by atoms with E-state index in [9.17, 15) is 9.59 Å². The molecule has 0 atom stereocenters. The van der Waals surface area contributed by atoms with Crippen LogP contribution in [0, 0.1) is 0 Å². The molecule has 0 saturated carbocycles. The number of benzene rings is 2. The molecule has 0 aliphatic rings. The van der Waals surface area contributed by atoms with Gasteiger partial charge < -0.3 is 9.47 Å². The Labute approximate surface area is 149 Å². The molecule has 0 aliphatic heterocycles. The van der Waals surface area contributed by atoms with Gasteiger partial charge in [0.2, 0.25) is 0 Å². The van der Waals surface area contributed by atoms with Crippen LogP contribution in [-0.4, -0.2) is 25.2 Å². The van der Waals surface area contributed by atoms with Crippen molar-refractivity contribution in [3.8, 4) is 0 Å². The molecule has 0 fully saturated rings. The summed E-state index contributed by atoms with van der Waals surface area (Å²) in [7, 11) is 0. The van der Waals surface area contributed by atoms with Crippen LogP contribution in [0.4, 0.5) is 0 Å². The summed E-state index contributed by atoms with van der Waals surface area (Å²) >= 11 is 0. The van der Waals surface area contributed by atoms with E-state index in [2.05, 4.69) is 6.92 Å². The Bertz CT molecular complexity index is 608. The predicted octanol–water partition coefficient (Wildman–Crippen LogP) is 4.90. The first-order valence-corrected chi connectivity index (χ1v) is 8.63. The van der Waals surface area contributed by atoms with Crippen LogP contribution in [0.2, 0.25) is 0 Å². The number of hydrogen-bond acceptors (Lipinski definition) is 4. The molecular weight excluding hydrogens is 316 g/mol. The summed E-state index contributed by atoms with van der Waals surface area (Å²) in [6.45, 7) is 5.05. The van der Waals surface area contributed by atoms with Gasteiger partial charge in [-0.25, -0.2) is 9.59 Å². The predicted molar refractivity (Wildman–Crippen MR) is 98.6 cm³/mol. The zero-order chi connectivity index (χ0) is 18.3. The van der Waals surface area contributed by atoms with Crippen molar-refractivity contribution in [2.75, 3.05) is 13.2 Å². The van der Waals surface area contributed by atoms with E-state index >= 15 is 0 Å². The first kappa shape index (κ1) is 20.4. The quantitative estimate of drug-likeness (QED) is 0.530. The van der Waals surface area contributed by atoms with Gasteiger partial charge in [-0.05, 0) is 37.1 Å². The van der Waals surface area contributed by atoms with Crippen molar-refractivity contribution < 1.29 is 19.1 Å². The van der Waals surface area contributed by atoms with Crippen LogP contribution >= 0.6 is 0 Å². The molecule has 2 aromatic rings. The Morgan fingerprint density at radius 1 is 0.680 bits per heavy atom. The third-order valence-electron chi connectivity index (χ3n) is 3.19. The number of esters is 2. The molecule has 4 heteroatoms. The molecule has 0 aliphatic carbocycles. The van der Waals surface area contributed by atoms with Gasteiger partial charge in [0, 0.05) is 0 Å². The summed E-state index contributed by atoms with van der Waals surface area (Å²) in [6, 6.07) is 18.1. The number of ether oxygens (including phenoxy) is 2. The van der Waals surface area contributed by atoms with Crippen molar-refractivity contribution in [2.45, 2.75) is 33.1 Å². The zero-order valence-corrected chi connectivity index (χ0v) is 14.9. The zero-order valence-electron chi connectivity index (χ0n) is 14.9. The number of hydrogen-bond donors (Lipinski definition) is 0. The Hall–Kier alpha value is -2.62. The Morgan fingerprint density at radius 3 is 1.52 bits per heavy atom. The highest BCUT2D eigenvalue weighted by Crippen LogP contribution is 2.02. The molecule has 0 radical (unpaired) electrons. The fourth-order valence-corrected chi connectivity index (χ4v) is 1.82. The third-order valence-corrected chi connectivity index (χ3v) is 3.19. The molecule has 0 saturated heterocycles. The van der Waals surface area contributed by atoms with Crippen LogP contribution in [0.25, 0.3) is 0 Å². The van der Waals surface area contributed by atoms with Crippen molar-refractivity contribution in [1.82, 2.24) is 0 Å². The third kappa shape index (κ3) is 8.70. The van der Waals surface area contributed by atoms with Crippen molar-refractivity contribution in [1.29, 1.82) is 0 Å². The maximum absolute atomic E-state index is 11.3. The fourth-order valence-electron chi connectivity index (χ4n) is 1.82. The number of rotatable bonds is 7. The van der Waals surface area contributed by atoms with Gasteiger partial charge >= 0.3 is 11.9 Å². The van der Waals surface area contributed by atoms with Crippen molar-refractivity contribution >= 4 is 11.9 Å². The van der Waals surface area contributed by atoms with Gasteiger partial charge in [-0.2, -0.15) is 0 Å². The summed E-state index contributed by atoms with van der Waals surface area (Å²) in [5.74, 6) is -0.466. The number of carbonyl (C=O) groups is 2. The normalized spacial score (nSPS) is 9.52. The molecular formula is C21H26O4. The Kier molecular flexibility index (Phi) is 10.4. The van der Waals surface area contributed by atoms with Crippen molar-refractivity contribution in [3.63, 3.8) is 0 Å². The van der Waals surface area contributed by atoms with Crippen molar-refractivity contribution in [3.05, 3.63) is 71.8 Å². The van der Waals surface area contributed by atoms with Gasteiger partial charge in [0.1, 0.15) is 0 Å². The SMILES string of the molecule is CCCCOC(=O)c1ccccc1.CCCOC(=O)c1ccccc1. The van der Waals surface area contributed by atoms with Crippen LogP contribution in [-0.2, 0) is 9.47 Å². The van der Waals surface area contributed by atoms with Gasteiger partial charge in [-0.3, -0.25) is 0 Å². The van der Waals surface area contributed by atoms with E-state index in [1.54, 1.807) is 24.3 Å². The molecule has 25 heavy (non-hydrogen) atoms. The average Bonchev–Trinajstić information content (AvgIpc) is 2.68. The highest BCUT2D eigenvalue weighted by Gasteiger charge is 2.04. The lowest BCUT2D eigenvalue weighted by molar-refractivity contribution is 0.0493. The minimum atomic E-state index is -0.238. The van der Waals surface area contributed by atoms with E-state index in [4.69, 9.17) is 9.47 Å². The van der Waals surface area contributed by atoms with E-state index < -0.39 is 0 Å². The summed E-state index contributed by atoms with van der Waals surface area (Å²) in [5.41, 5.74) is 1.24. The standard InChI is InChI=1S/C11H14O2.C10H12O2/c1-2-3-9-13-11(12)10-7-5-4-6-8-10;1-2-8-12-10(11)9-6-4-3-5-7-9/h4-8H,2-3,9H2,1H3;3-7H,2,8H2,1H3. The van der Waals surface area contributed by atoms with E-state index in [1.807, 2.05) is 43.3 Å². The maximum atomic E-state index is 11.3. The summed E-state index contributed by atoms with van der Waals surface area (Å²) in [4.78, 5) is 22.5. The second kappa shape index (κ2) is 12.8. The summed E-state index contributed by atoms with van der Waals surface area (Å²) < 4.78 is 9.97. The van der Waals surface area contributed by atoms with Gasteiger partial charge in [-0.15, -0.1) is 0 Å². The van der Waals surface area contributed by atoms with E-state index in [0.29, 0.717) is 24.3 Å². The molecule has 0 amide bonds. The first-order valence-electron chi connectivity index (χ1n) is 8.63. The highest BCUT2D eigenvalue weighted by molar-refractivity contribution is 5.89. The van der Waals surface area contributed by atoms with Crippen LogP contribution in [0.5, 0.6) is 0 Å². The van der Waals surface area contributed by atoms with E-state index in [0.717, 1.165) is 19.3 Å². The largest absolute Gasteiger partial charge is 0.462 e. The van der Waals surface area contributed by atoms with E-state index in [1.165, 1.54) is 0 Å². The lowest BCUT2D eigenvalue weighted by atomic mass is 10.2. The van der Waals surface area contributed by atoms with Gasteiger partial charge in [0.25, 0.3) is 0 Å². The molecule has 4 nitrogen and oxygen atoms in total. The summed E-state index contributed by atoms with van der Waals surface area (Å²) in [5, 5.41) is 0. The molecule has 134 valence electrons. The van der Waals surface area contributed by atoms with Gasteiger partial charge in [0.05, 0.1) is 24.3 Å². The average molecular weight is 342 g/mol. The Morgan fingerprint density at radius 2 is 1.12 bits per heavy atom. The number of unbranched alkanes of at least 4 members (excludes halogenated alkanes) is 1. The van der Waals surface area contributed by atoms with Crippen LogP contribution in [0.1, 0.15) is 53.8 Å². The Balaban J connectivity index is 0.000000251. The van der Waals surface area contributed by atoms with E-state index in [-0.39, 0.29) is 11.9 Å². The molecule has 0 N–H and O–H groups in total. The van der Waals surface area contributed by atoms with Crippen LogP contribution in [0.15, 0.2) is 60.7 Å². The highest BCUT2D eigenvalue weighted by atomic mass is 16.5. The minimum absolute atomic E-state index is 0.228. The second-order valence-corrected chi connectivity index (χ2v) is 5.36. The monoisotopic (exact) mass is 342 g/mol. The van der Waals surface area contributed by atoms with Crippen molar-refractivity contribution in [2.24, 2.45) is 0 Å². The van der Waals surface area contributed by atoms with Crippen LogP contribution in [0.3, 0.4) is 0 Å². The lowest BCUT2D eigenvalue weighted by Crippen LogP contribution is -2.05. The minimum Gasteiger partial charge on any atom is -0.462 e. The molecule has 0 spiro atoms.